The number of benzene rings is 2. The molecule has 1 aliphatic carbocycles. The highest BCUT2D eigenvalue weighted by Gasteiger charge is 2.31. The summed E-state index contributed by atoms with van der Waals surface area (Å²) in [5.41, 5.74) is 1.36. The summed E-state index contributed by atoms with van der Waals surface area (Å²) in [5, 5.41) is 4.52. The molecule has 1 saturated carbocycles. The lowest BCUT2D eigenvalue weighted by atomic mass is 10.2. The van der Waals surface area contributed by atoms with Gasteiger partial charge in [-0.15, -0.1) is 0 Å². The van der Waals surface area contributed by atoms with Crippen LogP contribution in [-0.2, 0) is 13.1 Å². The summed E-state index contributed by atoms with van der Waals surface area (Å²) in [5.74, 6) is 1.54. The molecule has 3 aromatic rings. The Balaban J connectivity index is 1.48. The Kier molecular flexibility index (Phi) is 5.59. The van der Waals surface area contributed by atoms with Gasteiger partial charge in [-0.25, -0.2) is 4.39 Å². The lowest BCUT2D eigenvalue weighted by molar-refractivity contribution is 0.207. The topological polar surface area (TPSA) is 51.4 Å². The molecule has 0 aliphatic heterocycles. The van der Waals surface area contributed by atoms with Crippen molar-refractivity contribution >= 4 is 11.6 Å². The maximum atomic E-state index is 14.2. The van der Waals surface area contributed by atoms with E-state index in [0.29, 0.717) is 48.0 Å². The largest absolute Gasteiger partial charge is 0.494 e. The number of rotatable bonds is 8. The Labute approximate surface area is 168 Å². The van der Waals surface area contributed by atoms with Crippen LogP contribution in [0.4, 0.5) is 4.39 Å². The molecule has 0 amide bonds. The van der Waals surface area contributed by atoms with Crippen LogP contribution in [0.25, 0.3) is 11.4 Å². The molecule has 0 bridgehead atoms. The van der Waals surface area contributed by atoms with Gasteiger partial charge >= 0.3 is 0 Å². The van der Waals surface area contributed by atoms with Gasteiger partial charge in [0.15, 0.2) is 0 Å². The molecule has 1 aromatic heterocycles. The molecule has 28 heavy (non-hydrogen) atoms. The molecule has 0 spiro atoms. The highest BCUT2D eigenvalue weighted by atomic mass is 35.5. The summed E-state index contributed by atoms with van der Waals surface area (Å²) in [6.45, 7) is 3.44. The second-order valence-electron chi connectivity index (χ2n) is 6.81. The number of nitrogens with zero attached hydrogens (tertiary/aromatic N) is 3. The maximum Gasteiger partial charge on any atom is 0.241 e. The minimum Gasteiger partial charge on any atom is -0.494 e. The van der Waals surface area contributed by atoms with Crippen molar-refractivity contribution < 1.29 is 13.7 Å². The van der Waals surface area contributed by atoms with Crippen LogP contribution in [0.5, 0.6) is 5.75 Å². The summed E-state index contributed by atoms with van der Waals surface area (Å²) >= 11 is 6.19. The normalized spacial score (nSPS) is 13.9. The van der Waals surface area contributed by atoms with Gasteiger partial charge in [0.2, 0.25) is 11.7 Å². The molecule has 1 fully saturated rings. The van der Waals surface area contributed by atoms with Gasteiger partial charge in [0, 0.05) is 28.7 Å². The number of ether oxygens (including phenoxy) is 1. The van der Waals surface area contributed by atoms with Gasteiger partial charge in [-0.1, -0.05) is 22.8 Å². The minimum atomic E-state index is -0.293. The van der Waals surface area contributed by atoms with Crippen molar-refractivity contribution in [1.82, 2.24) is 15.0 Å². The fraction of sp³-hybridized carbons (Fsp3) is 0.333. The van der Waals surface area contributed by atoms with Crippen LogP contribution >= 0.6 is 11.6 Å². The molecule has 4 rings (SSSR count). The van der Waals surface area contributed by atoms with Crippen LogP contribution < -0.4 is 4.74 Å². The van der Waals surface area contributed by atoms with E-state index in [4.69, 9.17) is 20.9 Å². The first-order valence-electron chi connectivity index (χ1n) is 9.37. The average Bonchev–Trinajstić information content (AvgIpc) is 3.44. The van der Waals surface area contributed by atoms with Gasteiger partial charge in [0.25, 0.3) is 0 Å². The molecule has 0 saturated heterocycles. The number of hydrogen-bond donors (Lipinski definition) is 0. The third-order valence-corrected chi connectivity index (χ3v) is 5.07. The summed E-state index contributed by atoms with van der Waals surface area (Å²) in [6, 6.07) is 12.7. The van der Waals surface area contributed by atoms with Gasteiger partial charge in [-0.2, -0.15) is 4.98 Å². The second-order valence-corrected chi connectivity index (χ2v) is 7.21. The van der Waals surface area contributed by atoms with Crippen LogP contribution in [0.3, 0.4) is 0 Å². The fourth-order valence-electron chi connectivity index (χ4n) is 3.12. The van der Waals surface area contributed by atoms with Crippen LogP contribution in [0.2, 0.25) is 5.02 Å². The molecule has 2 aromatic carbocycles. The molecule has 0 radical (unpaired) electrons. The highest BCUT2D eigenvalue weighted by Crippen LogP contribution is 2.32. The van der Waals surface area contributed by atoms with Gasteiger partial charge < -0.3 is 9.26 Å². The van der Waals surface area contributed by atoms with E-state index >= 15 is 0 Å². The highest BCUT2D eigenvalue weighted by molar-refractivity contribution is 6.31. The van der Waals surface area contributed by atoms with Crippen molar-refractivity contribution in [1.29, 1.82) is 0 Å². The van der Waals surface area contributed by atoms with E-state index in [0.717, 1.165) is 24.2 Å². The van der Waals surface area contributed by atoms with Crippen LogP contribution in [0, 0.1) is 5.82 Å². The molecule has 0 atom stereocenters. The van der Waals surface area contributed by atoms with E-state index in [-0.39, 0.29) is 5.82 Å². The number of halogens is 2. The van der Waals surface area contributed by atoms with Crippen molar-refractivity contribution in [2.24, 2.45) is 0 Å². The van der Waals surface area contributed by atoms with Gasteiger partial charge in [-0.05, 0) is 56.2 Å². The lowest BCUT2D eigenvalue weighted by Gasteiger charge is -2.20. The molecule has 0 unspecified atom stereocenters. The van der Waals surface area contributed by atoms with E-state index in [1.54, 1.807) is 12.1 Å². The lowest BCUT2D eigenvalue weighted by Crippen LogP contribution is -2.26. The van der Waals surface area contributed by atoms with E-state index in [2.05, 4.69) is 15.0 Å². The molecule has 1 heterocycles. The first kappa shape index (κ1) is 18.9. The smallest absolute Gasteiger partial charge is 0.241 e. The monoisotopic (exact) mass is 401 g/mol. The Morgan fingerprint density at radius 2 is 1.96 bits per heavy atom. The SMILES string of the molecule is CCOc1ccc(-c2noc(CN(Cc3c(F)cccc3Cl)C3CC3)n2)cc1. The Hall–Kier alpha value is -2.44. The van der Waals surface area contributed by atoms with Crippen molar-refractivity contribution in [2.75, 3.05) is 6.61 Å². The predicted octanol–water partition coefficient (Wildman–Crippen LogP) is 5.09. The number of aromatic nitrogens is 2. The zero-order valence-corrected chi connectivity index (χ0v) is 16.3. The Morgan fingerprint density at radius 1 is 1.18 bits per heavy atom. The second kappa shape index (κ2) is 8.29. The van der Waals surface area contributed by atoms with E-state index in [1.807, 2.05) is 31.2 Å². The van der Waals surface area contributed by atoms with Crippen molar-refractivity contribution in [3.63, 3.8) is 0 Å². The minimum absolute atomic E-state index is 0.293. The van der Waals surface area contributed by atoms with E-state index < -0.39 is 0 Å². The summed E-state index contributed by atoms with van der Waals surface area (Å²) < 4.78 is 25.1. The summed E-state index contributed by atoms with van der Waals surface area (Å²) in [4.78, 5) is 6.64. The van der Waals surface area contributed by atoms with Gasteiger partial charge in [0.1, 0.15) is 11.6 Å². The Bertz CT molecular complexity index is 921. The molecule has 0 N–H and O–H groups in total. The molecule has 7 heteroatoms. The maximum absolute atomic E-state index is 14.2. The standard InChI is InChI=1S/C21H21ClFN3O2/c1-2-27-16-10-6-14(7-11-16)21-24-20(28-25-21)13-26(15-8-9-15)12-17-18(22)4-3-5-19(17)23/h3-7,10-11,15H,2,8-9,12-13H2,1H3. The van der Waals surface area contributed by atoms with Gasteiger partial charge in [-0.3, -0.25) is 4.90 Å². The third-order valence-electron chi connectivity index (χ3n) is 4.72. The average molecular weight is 402 g/mol. The summed E-state index contributed by atoms with van der Waals surface area (Å²) in [7, 11) is 0. The molecule has 1 aliphatic rings. The Morgan fingerprint density at radius 3 is 2.64 bits per heavy atom. The third kappa shape index (κ3) is 4.34. The molecular formula is C21H21ClFN3O2. The molecular weight excluding hydrogens is 381 g/mol. The van der Waals surface area contributed by atoms with E-state index in [9.17, 15) is 4.39 Å². The van der Waals surface area contributed by atoms with Gasteiger partial charge in [0.05, 0.1) is 13.2 Å². The quantitative estimate of drug-likeness (QED) is 0.526. The zero-order chi connectivity index (χ0) is 19.5. The van der Waals surface area contributed by atoms with E-state index in [1.165, 1.54) is 6.07 Å². The zero-order valence-electron chi connectivity index (χ0n) is 15.6. The summed E-state index contributed by atoms with van der Waals surface area (Å²) in [6.07, 6.45) is 2.15. The first-order chi connectivity index (χ1) is 13.6. The van der Waals surface area contributed by atoms with Crippen LogP contribution in [0.15, 0.2) is 47.0 Å². The number of hydrogen-bond acceptors (Lipinski definition) is 5. The van der Waals surface area contributed by atoms with Crippen molar-refractivity contribution in [3.8, 4) is 17.1 Å². The van der Waals surface area contributed by atoms with Crippen molar-refractivity contribution in [3.05, 3.63) is 64.8 Å². The molecule has 5 nitrogen and oxygen atoms in total. The fourth-order valence-corrected chi connectivity index (χ4v) is 3.34. The molecule has 146 valence electrons. The van der Waals surface area contributed by atoms with Crippen LogP contribution in [-0.4, -0.2) is 27.7 Å². The predicted molar refractivity (Wildman–Crippen MR) is 105 cm³/mol. The van der Waals surface area contributed by atoms with Crippen LogP contribution in [0.1, 0.15) is 31.2 Å². The first-order valence-corrected chi connectivity index (χ1v) is 9.74. The van der Waals surface area contributed by atoms with Crippen molar-refractivity contribution in [2.45, 2.75) is 38.9 Å².